The molecule has 0 spiro atoms. The normalized spacial score (nSPS) is 15.3. The Labute approximate surface area is 492 Å². The van der Waals surface area contributed by atoms with E-state index in [4.69, 9.17) is 36.5 Å². The predicted octanol–water partition coefficient (Wildman–Crippen LogP) is 12.2. The molecule has 10 aromatic heterocycles. The predicted molar refractivity (Wildman–Crippen MR) is 315 cm³/mol. The quantitative estimate of drug-likeness (QED) is 0.0964. The van der Waals surface area contributed by atoms with Gasteiger partial charge in [0.15, 0.2) is 11.6 Å². The zero-order valence-corrected chi connectivity index (χ0v) is 48.9. The van der Waals surface area contributed by atoms with E-state index in [1.54, 1.807) is 10.9 Å². The summed E-state index contributed by atoms with van der Waals surface area (Å²) in [7, 11) is 0. The molecule has 2 N–H and O–H groups in total. The highest BCUT2D eigenvalue weighted by atomic mass is 16.5. The van der Waals surface area contributed by atoms with E-state index in [0.29, 0.717) is 83.1 Å². The standard InChI is InChI=1S/C21H22N6O2.C21H21N5O3.C20H19N5O3/c1-12-8-18-20(23-14(3)24-21(18)29-12)22-13(2)15-4-6-17(7-5-15)27-9-19(25-26-27)16-10-28-11-16;1-11-8-17-19(23-13(3)24-21(17)28-11)22-12(2)14-4-6-15(7-5-14)20-25-18(26-29-20)16-9-27-10-16;1-10-8-15-19(26-10)22-12(3)23-20(15)27-11(2)16-7-6-14(9-21-16)18-24-17(25-28-18)13-4-5-13/h4-9,13,16H,10-11H2,1-3H3,(H,22,23,24);4-8,12,16H,9-10H2,1-3H3,(H,22,23,24);6-9,11,13H,4-5H2,1-3H3. The Hall–Kier alpha value is -9.81. The molecular weight excluding hydrogens is 1100 g/mol. The van der Waals surface area contributed by atoms with E-state index in [1.165, 1.54) is 0 Å². The Kier molecular flexibility index (Phi) is 15.0. The van der Waals surface area contributed by atoms with Crippen molar-refractivity contribution in [2.45, 2.75) is 111 Å². The van der Waals surface area contributed by atoms with E-state index >= 15 is 0 Å². The van der Waals surface area contributed by atoms with E-state index in [0.717, 1.165) is 116 Å². The maximum atomic E-state index is 6.07. The first-order valence-electron chi connectivity index (χ1n) is 28.6. The van der Waals surface area contributed by atoms with Gasteiger partial charge in [0.05, 0.1) is 77.9 Å². The maximum Gasteiger partial charge on any atom is 0.259 e. The molecule has 24 heteroatoms. The Bertz CT molecular complexity index is 4160. The van der Waals surface area contributed by atoms with Crippen molar-refractivity contribution in [1.29, 1.82) is 0 Å². The highest BCUT2D eigenvalue weighted by Gasteiger charge is 2.30. The van der Waals surface area contributed by atoms with Crippen molar-refractivity contribution >= 4 is 44.9 Å². The number of aromatic nitrogens is 14. The van der Waals surface area contributed by atoms with Gasteiger partial charge in [0.2, 0.25) is 23.0 Å². The second-order valence-corrected chi connectivity index (χ2v) is 22.0. The van der Waals surface area contributed by atoms with Crippen molar-refractivity contribution in [2.75, 3.05) is 37.1 Å². The van der Waals surface area contributed by atoms with Gasteiger partial charge in [0, 0.05) is 29.8 Å². The first-order valence-corrected chi connectivity index (χ1v) is 28.6. The summed E-state index contributed by atoms with van der Waals surface area (Å²) in [4.78, 5) is 40.0. The minimum absolute atomic E-state index is 0.0436. The average molecular weight is 1160 g/mol. The number of benzene rings is 2. The Morgan fingerprint density at radius 2 is 1.03 bits per heavy atom. The van der Waals surface area contributed by atoms with Crippen molar-refractivity contribution in [3.05, 3.63) is 160 Å². The lowest BCUT2D eigenvalue weighted by molar-refractivity contribution is 0.00403. The van der Waals surface area contributed by atoms with Crippen LogP contribution in [-0.4, -0.2) is 96.6 Å². The van der Waals surface area contributed by atoms with Gasteiger partial charge in [0.25, 0.3) is 11.8 Å². The summed E-state index contributed by atoms with van der Waals surface area (Å²) in [6.45, 7) is 20.1. The SMILES string of the molecule is Cc1nc(NC(C)c2ccc(-c3nc(C4COC4)no3)cc2)c2cc(C)oc2n1.Cc1nc(NC(C)c2ccc(-n3cc(C4COC4)nn3)cc2)c2cc(C)oc2n1.Cc1nc(OC(C)c2ccc(-c3nc(C4CC4)no3)cn2)c2cc(C)oc2n1. The van der Waals surface area contributed by atoms with Crippen molar-refractivity contribution in [3.63, 3.8) is 0 Å². The van der Waals surface area contributed by atoms with Crippen molar-refractivity contribution in [1.82, 2.24) is 70.2 Å². The number of pyridine rings is 1. The molecule has 0 amide bonds. The molecule has 2 saturated heterocycles. The number of hydrogen-bond donors (Lipinski definition) is 2. The molecule has 12 aromatic rings. The molecule has 2 aliphatic heterocycles. The van der Waals surface area contributed by atoms with Crippen LogP contribution in [0.15, 0.2) is 114 Å². The van der Waals surface area contributed by atoms with E-state index < -0.39 is 0 Å². The van der Waals surface area contributed by atoms with Crippen LogP contribution in [0, 0.1) is 41.5 Å². The van der Waals surface area contributed by atoms with Gasteiger partial charge in [-0.05, 0) is 141 Å². The molecular formula is C62H62N16O8. The lowest BCUT2D eigenvalue weighted by Crippen LogP contribution is -2.26. The van der Waals surface area contributed by atoms with Gasteiger partial charge in [0.1, 0.15) is 57.9 Å². The number of ether oxygens (including phenoxy) is 3. The molecule has 86 heavy (non-hydrogen) atoms. The number of nitrogens with one attached hydrogen (secondary N) is 2. The maximum absolute atomic E-state index is 6.07. The van der Waals surface area contributed by atoms with E-state index in [1.807, 2.05) is 109 Å². The van der Waals surface area contributed by atoms with Gasteiger partial charge < -0.3 is 47.1 Å². The summed E-state index contributed by atoms with van der Waals surface area (Å²) in [5, 5.41) is 26.1. The summed E-state index contributed by atoms with van der Waals surface area (Å²) in [6.07, 6.45) is 5.67. The Balaban J connectivity index is 0.000000120. The summed E-state index contributed by atoms with van der Waals surface area (Å²) < 4.78 is 46.0. The van der Waals surface area contributed by atoms with Crippen LogP contribution in [0.1, 0.15) is 138 Å². The molecule has 3 unspecified atom stereocenters. The molecule has 438 valence electrons. The van der Waals surface area contributed by atoms with Crippen LogP contribution in [0.3, 0.4) is 0 Å². The van der Waals surface area contributed by atoms with Crippen LogP contribution >= 0.6 is 0 Å². The molecule has 24 nitrogen and oxygen atoms in total. The van der Waals surface area contributed by atoms with Crippen LogP contribution in [0.4, 0.5) is 11.6 Å². The van der Waals surface area contributed by atoms with Gasteiger partial charge in [-0.2, -0.15) is 29.9 Å². The number of fused-ring (bicyclic) bond motifs is 3. The fraction of sp³-hybridized carbons (Fsp3) is 0.339. The first-order chi connectivity index (χ1) is 41.7. The highest BCUT2D eigenvalue weighted by Crippen LogP contribution is 2.39. The second-order valence-electron chi connectivity index (χ2n) is 22.0. The van der Waals surface area contributed by atoms with Gasteiger partial charge in [-0.3, -0.25) is 4.98 Å². The molecule has 0 radical (unpaired) electrons. The molecule has 3 aliphatic rings. The van der Waals surface area contributed by atoms with E-state index in [9.17, 15) is 0 Å². The molecule has 3 fully saturated rings. The summed E-state index contributed by atoms with van der Waals surface area (Å²) >= 11 is 0. The number of rotatable bonds is 15. The van der Waals surface area contributed by atoms with Gasteiger partial charge >= 0.3 is 0 Å². The Morgan fingerprint density at radius 1 is 0.535 bits per heavy atom. The molecule has 12 heterocycles. The second kappa shape index (κ2) is 23.3. The number of furan rings is 3. The van der Waals surface area contributed by atoms with E-state index in [2.05, 4.69) is 114 Å². The third-order valence-corrected chi connectivity index (χ3v) is 15.0. The molecule has 3 atom stereocenters. The third kappa shape index (κ3) is 12.0. The molecule has 15 rings (SSSR count). The lowest BCUT2D eigenvalue weighted by atomic mass is 10.1. The van der Waals surface area contributed by atoms with Crippen LogP contribution in [0.5, 0.6) is 5.88 Å². The summed E-state index contributed by atoms with van der Waals surface area (Å²) in [6, 6.07) is 26.1. The van der Waals surface area contributed by atoms with Gasteiger partial charge in [-0.1, -0.05) is 39.8 Å². The Morgan fingerprint density at radius 3 is 1.56 bits per heavy atom. The number of nitrogens with zero attached hydrogens (tertiary/aromatic N) is 14. The van der Waals surface area contributed by atoms with Crippen molar-refractivity contribution in [2.24, 2.45) is 0 Å². The minimum Gasteiger partial charge on any atom is -0.468 e. The zero-order chi connectivity index (χ0) is 59.2. The van der Waals surface area contributed by atoms with Gasteiger partial charge in [-0.25, -0.2) is 14.6 Å². The molecule has 1 aliphatic carbocycles. The van der Waals surface area contributed by atoms with E-state index in [-0.39, 0.29) is 24.1 Å². The number of anilines is 2. The molecule has 0 bridgehead atoms. The van der Waals surface area contributed by atoms with Crippen molar-refractivity contribution in [3.8, 4) is 34.5 Å². The first kappa shape index (κ1) is 55.4. The largest absolute Gasteiger partial charge is 0.468 e. The fourth-order valence-corrected chi connectivity index (χ4v) is 9.89. The summed E-state index contributed by atoms with van der Waals surface area (Å²) in [5.74, 6) is 9.97. The monoisotopic (exact) mass is 1160 g/mol. The molecule has 1 saturated carbocycles. The van der Waals surface area contributed by atoms with Crippen LogP contribution in [0.2, 0.25) is 0 Å². The number of aryl methyl sites for hydroxylation is 6. The topological polar surface area (TPSA) is 290 Å². The van der Waals surface area contributed by atoms with Crippen LogP contribution in [-0.2, 0) is 9.47 Å². The van der Waals surface area contributed by atoms with Gasteiger partial charge in [-0.15, -0.1) is 5.10 Å². The van der Waals surface area contributed by atoms with Crippen LogP contribution < -0.4 is 15.4 Å². The minimum atomic E-state index is -0.300. The lowest BCUT2D eigenvalue weighted by Gasteiger charge is -2.23. The van der Waals surface area contributed by atoms with Crippen LogP contribution in [0.25, 0.3) is 61.9 Å². The smallest absolute Gasteiger partial charge is 0.259 e. The van der Waals surface area contributed by atoms with Crippen molar-refractivity contribution < 1.29 is 36.5 Å². The summed E-state index contributed by atoms with van der Waals surface area (Å²) in [5.41, 5.74) is 8.42. The fourth-order valence-electron chi connectivity index (χ4n) is 9.89. The highest BCUT2D eigenvalue weighted by molar-refractivity contribution is 5.87. The number of hydrogen-bond acceptors (Lipinski definition) is 23. The average Bonchev–Trinajstić information content (AvgIpc) is 3.45. The molecule has 2 aromatic carbocycles. The third-order valence-electron chi connectivity index (χ3n) is 15.0. The zero-order valence-electron chi connectivity index (χ0n) is 48.9.